The van der Waals surface area contributed by atoms with E-state index in [0.717, 1.165) is 30.8 Å². The maximum absolute atomic E-state index is 9.44. The highest BCUT2D eigenvalue weighted by atomic mass is 16.5. The van der Waals surface area contributed by atoms with Crippen LogP contribution in [0.1, 0.15) is 30.4 Å². The molecule has 3 heteroatoms. The zero-order chi connectivity index (χ0) is 13.0. The molecule has 0 aromatic heterocycles. The van der Waals surface area contributed by atoms with Crippen molar-refractivity contribution >= 4 is 5.69 Å². The van der Waals surface area contributed by atoms with E-state index in [4.69, 9.17) is 4.74 Å². The molecule has 1 N–H and O–H groups in total. The SMILES string of the molecule is Cc1ccc(N(C)CC2CCCCO2)c(CO)c1. The number of benzene rings is 1. The number of hydrogen-bond acceptors (Lipinski definition) is 3. The molecular weight excluding hydrogens is 226 g/mol. The Morgan fingerprint density at radius 1 is 1.39 bits per heavy atom. The molecule has 0 aliphatic carbocycles. The second-order valence-corrected chi connectivity index (χ2v) is 5.16. The number of likely N-dealkylation sites (N-methyl/N-ethyl adjacent to an activating group) is 1. The summed E-state index contributed by atoms with van der Waals surface area (Å²) in [5, 5.41) is 9.44. The monoisotopic (exact) mass is 249 g/mol. The second kappa shape index (κ2) is 6.21. The lowest BCUT2D eigenvalue weighted by Crippen LogP contribution is -2.33. The Kier molecular flexibility index (Phi) is 4.61. The number of rotatable bonds is 4. The van der Waals surface area contributed by atoms with Gasteiger partial charge in [0.25, 0.3) is 0 Å². The van der Waals surface area contributed by atoms with Crippen LogP contribution < -0.4 is 4.90 Å². The first-order valence-corrected chi connectivity index (χ1v) is 6.74. The summed E-state index contributed by atoms with van der Waals surface area (Å²) in [5.41, 5.74) is 3.29. The van der Waals surface area contributed by atoms with Gasteiger partial charge in [0.15, 0.2) is 0 Å². The highest BCUT2D eigenvalue weighted by Crippen LogP contribution is 2.23. The quantitative estimate of drug-likeness (QED) is 0.890. The van der Waals surface area contributed by atoms with Crippen molar-refractivity contribution in [2.75, 3.05) is 25.1 Å². The largest absolute Gasteiger partial charge is 0.392 e. The van der Waals surface area contributed by atoms with Crippen molar-refractivity contribution in [2.24, 2.45) is 0 Å². The minimum atomic E-state index is 0.0902. The molecule has 1 aromatic rings. The van der Waals surface area contributed by atoms with E-state index in [0.29, 0.717) is 6.10 Å². The summed E-state index contributed by atoms with van der Waals surface area (Å²) in [7, 11) is 2.07. The van der Waals surface area contributed by atoms with Gasteiger partial charge in [-0.3, -0.25) is 0 Å². The summed E-state index contributed by atoms with van der Waals surface area (Å²) in [5.74, 6) is 0. The number of nitrogens with zero attached hydrogens (tertiary/aromatic N) is 1. The van der Waals surface area contributed by atoms with E-state index in [1.54, 1.807) is 0 Å². The van der Waals surface area contributed by atoms with E-state index in [1.165, 1.54) is 18.4 Å². The maximum atomic E-state index is 9.44. The van der Waals surface area contributed by atoms with Crippen molar-refractivity contribution in [1.29, 1.82) is 0 Å². The summed E-state index contributed by atoms with van der Waals surface area (Å²) in [4.78, 5) is 2.20. The summed E-state index contributed by atoms with van der Waals surface area (Å²) >= 11 is 0. The van der Waals surface area contributed by atoms with Crippen molar-refractivity contribution in [1.82, 2.24) is 0 Å². The Hall–Kier alpha value is -1.06. The lowest BCUT2D eigenvalue weighted by molar-refractivity contribution is 0.0216. The van der Waals surface area contributed by atoms with E-state index in [-0.39, 0.29) is 6.61 Å². The Morgan fingerprint density at radius 3 is 2.89 bits per heavy atom. The minimum absolute atomic E-state index is 0.0902. The molecule has 1 aromatic carbocycles. The molecule has 2 rings (SSSR count). The first-order valence-electron chi connectivity index (χ1n) is 6.74. The predicted octanol–water partition coefficient (Wildman–Crippen LogP) is 2.49. The first-order chi connectivity index (χ1) is 8.70. The van der Waals surface area contributed by atoms with Crippen molar-refractivity contribution in [3.63, 3.8) is 0 Å². The molecule has 18 heavy (non-hydrogen) atoms. The number of aryl methyl sites for hydroxylation is 1. The van der Waals surface area contributed by atoms with Gasteiger partial charge < -0.3 is 14.7 Å². The van der Waals surface area contributed by atoms with Crippen LogP contribution in [0.5, 0.6) is 0 Å². The van der Waals surface area contributed by atoms with Crippen LogP contribution in [0.4, 0.5) is 5.69 Å². The molecule has 0 spiro atoms. The van der Waals surface area contributed by atoms with Gasteiger partial charge in [-0.15, -0.1) is 0 Å². The number of aliphatic hydroxyl groups is 1. The van der Waals surface area contributed by atoms with Crippen LogP contribution in [-0.4, -0.2) is 31.4 Å². The molecule has 1 saturated heterocycles. The van der Waals surface area contributed by atoms with Crippen molar-refractivity contribution in [2.45, 2.75) is 38.9 Å². The van der Waals surface area contributed by atoms with Gasteiger partial charge in [-0.2, -0.15) is 0 Å². The van der Waals surface area contributed by atoms with Crippen molar-refractivity contribution in [3.8, 4) is 0 Å². The Labute approximate surface area is 109 Å². The molecule has 1 aliphatic heterocycles. The zero-order valence-corrected chi connectivity index (χ0v) is 11.4. The number of ether oxygens (including phenoxy) is 1. The van der Waals surface area contributed by atoms with Gasteiger partial charge in [-0.05, 0) is 32.3 Å². The van der Waals surface area contributed by atoms with Crippen LogP contribution in [0.15, 0.2) is 18.2 Å². The average Bonchev–Trinajstić information content (AvgIpc) is 2.39. The number of hydrogen-bond donors (Lipinski definition) is 1. The molecule has 100 valence electrons. The molecule has 3 nitrogen and oxygen atoms in total. The van der Waals surface area contributed by atoms with Gasteiger partial charge in [-0.25, -0.2) is 0 Å². The van der Waals surface area contributed by atoms with E-state index in [2.05, 4.69) is 24.1 Å². The Morgan fingerprint density at radius 2 is 2.22 bits per heavy atom. The van der Waals surface area contributed by atoms with Crippen molar-refractivity contribution in [3.05, 3.63) is 29.3 Å². The van der Waals surface area contributed by atoms with Crippen LogP contribution in [0.25, 0.3) is 0 Å². The third-order valence-corrected chi connectivity index (χ3v) is 3.57. The van der Waals surface area contributed by atoms with E-state index < -0.39 is 0 Å². The Bertz CT molecular complexity index is 386. The third kappa shape index (κ3) is 3.24. The maximum Gasteiger partial charge on any atom is 0.0749 e. The average molecular weight is 249 g/mol. The van der Waals surface area contributed by atoms with Crippen molar-refractivity contribution < 1.29 is 9.84 Å². The normalized spacial score (nSPS) is 19.8. The summed E-state index contributed by atoms with van der Waals surface area (Å²) in [6.45, 7) is 3.93. The van der Waals surface area contributed by atoms with Gasteiger partial charge in [0.2, 0.25) is 0 Å². The minimum Gasteiger partial charge on any atom is -0.392 e. The molecule has 0 saturated carbocycles. The van der Waals surface area contributed by atoms with Gasteiger partial charge in [0, 0.05) is 31.5 Å². The van der Waals surface area contributed by atoms with Crippen LogP contribution in [0.2, 0.25) is 0 Å². The number of aliphatic hydroxyl groups excluding tert-OH is 1. The second-order valence-electron chi connectivity index (χ2n) is 5.16. The molecule has 0 bridgehead atoms. The van der Waals surface area contributed by atoms with Gasteiger partial charge >= 0.3 is 0 Å². The fourth-order valence-electron chi connectivity index (χ4n) is 2.57. The van der Waals surface area contributed by atoms with Gasteiger partial charge in [0.05, 0.1) is 12.7 Å². The smallest absolute Gasteiger partial charge is 0.0749 e. The Balaban J connectivity index is 2.05. The lowest BCUT2D eigenvalue weighted by atomic mass is 10.1. The molecule has 1 fully saturated rings. The van der Waals surface area contributed by atoms with Crippen LogP contribution >= 0.6 is 0 Å². The fraction of sp³-hybridized carbons (Fsp3) is 0.600. The molecule has 1 heterocycles. The van der Waals surface area contributed by atoms with E-state index in [1.807, 2.05) is 13.0 Å². The molecular formula is C15H23NO2. The molecule has 0 amide bonds. The summed E-state index contributed by atoms with van der Waals surface area (Å²) < 4.78 is 5.76. The molecule has 1 aliphatic rings. The third-order valence-electron chi connectivity index (χ3n) is 3.57. The van der Waals surface area contributed by atoms with Gasteiger partial charge in [-0.1, -0.05) is 17.7 Å². The molecule has 0 radical (unpaired) electrons. The standard InChI is InChI=1S/C15H23NO2/c1-12-6-7-15(13(9-12)11-17)16(2)10-14-5-3-4-8-18-14/h6-7,9,14,17H,3-5,8,10-11H2,1-2H3. The lowest BCUT2D eigenvalue weighted by Gasteiger charge is -2.29. The summed E-state index contributed by atoms with van der Waals surface area (Å²) in [6, 6.07) is 6.23. The van der Waals surface area contributed by atoms with Gasteiger partial charge in [0.1, 0.15) is 0 Å². The zero-order valence-electron chi connectivity index (χ0n) is 11.4. The van der Waals surface area contributed by atoms with E-state index in [9.17, 15) is 5.11 Å². The van der Waals surface area contributed by atoms with Crippen LogP contribution in [-0.2, 0) is 11.3 Å². The topological polar surface area (TPSA) is 32.7 Å². The molecule has 1 atom stereocenters. The highest BCUT2D eigenvalue weighted by molar-refractivity contribution is 5.54. The molecule has 1 unspecified atom stereocenters. The van der Waals surface area contributed by atoms with Crippen LogP contribution in [0, 0.1) is 6.92 Å². The number of anilines is 1. The highest BCUT2D eigenvalue weighted by Gasteiger charge is 2.17. The first kappa shape index (κ1) is 13.4. The van der Waals surface area contributed by atoms with E-state index >= 15 is 0 Å². The predicted molar refractivity (Wildman–Crippen MR) is 74.0 cm³/mol. The summed E-state index contributed by atoms with van der Waals surface area (Å²) in [6.07, 6.45) is 3.92. The fourth-order valence-corrected chi connectivity index (χ4v) is 2.57. The van der Waals surface area contributed by atoms with Crippen LogP contribution in [0.3, 0.4) is 0 Å².